The normalized spacial score (nSPS) is 11.5. The van der Waals surface area contributed by atoms with E-state index in [1.54, 1.807) is 12.3 Å². The van der Waals surface area contributed by atoms with Crippen molar-refractivity contribution >= 4 is 33.9 Å². The van der Waals surface area contributed by atoms with Gasteiger partial charge in [0.1, 0.15) is 5.69 Å². The fourth-order valence-electron chi connectivity index (χ4n) is 3.91. The van der Waals surface area contributed by atoms with Gasteiger partial charge < -0.3 is 4.57 Å². The smallest absolute Gasteiger partial charge is 0.289 e. The van der Waals surface area contributed by atoms with Crippen molar-refractivity contribution in [3.63, 3.8) is 0 Å². The van der Waals surface area contributed by atoms with Crippen molar-refractivity contribution in [2.45, 2.75) is 13.5 Å². The Bertz CT molecular complexity index is 1410. The highest BCUT2D eigenvalue weighted by Crippen LogP contribution is 2.29. The van der Waals surface area contributed by atoms with Gasteiger partial charge >= 0.3 is 0 Å². The predicted molar refractivity (Wildman–Crippen MR) is 124 cm³/mol. The van der Waals surface area contributed by atoms with Gasteiger partial charge in [-0.1, -0.05) is 54.6 Å². The molecule has 152 valence electrons. The van der Waals surface area contributed by atoms with E-state index in [2.05, 4.69) is 68.6 Å². The minimum Gasteiger partial charge on any atom is -0.341 e. The van der Waals surface area contributed by atoms with E-state index in [1.165, 1.54) is 21.8 Å². The lowest BCUT2D eigenvalue weighted by molar-refractivity contribution is 0.0950. The van der Waals surface area contributed by atoms with Crippen LogP contribution >= 0.6 is 0 Å². The number of carbonyl (C=O) groups excluding carboxylic acids is 1. The van der Waals surface area contributed by atoms with Crippen LogP contribution in [0.1, 0.15) is 23.0 Å². The maximum absolute atomic E-state index is 12.4. The van der Waals surface area contributed by atoms with E-state index in [0.717, 1.165) is 17.7 Å². The Morgan fingerprint density at radius 3 is 2.61 bits per heavy atom. The predicted octanol–water partition coefficient (Wildman–Crippen LogP) is 4.97. The molecule has 0 saturated heterocycles. The van der Waals surface area contributed by atoms with Crippen LogP contribution < -0.4 is 5.43 Å². The van der Waals surface area contributed by atoms with Crippen LogP contribution in [0.4, 0.5) is 0 Å². The summed E-state index contributed by atoms with van der Waals surface area (Å²) in [5.41, 5.74) is 7.91. The van der Waals surface area contributed by atoms with Gasteiger partial charge in [-0.05, 0) is 36.8 Å². The summed E-state index contributed by atoms with van der Waals surface area (Å²) < 4.78 is 2.30. The fraction of sp³-hybridized carbons (Fsp3) is 0.0800. The molecule has 0 aliphatic rings. The summed E-state index contributed by atoms with van der Waals surface area (Å²) in [6, 6.07) is 26.0. The van der Waals surface area contributed by atoms with E-state index in [1.807, 2.05) is 36.4 Å². The Morgan fingerprint density at radius 1 is 1.00 bits per heavy atom. The number of hydrogen-bond donors (Lipinski definition) is 2. The number of aromatic nitrogens is 3. The molecule has 0 unspecified atom stereocenters. The topological polar surface area (TPSA) is 75.1 Å². The molecule has 2 heterocycles. The molecule has 0 bridgehead atoms. The molecule has 1 amide bonds. The molecule has 0 radical (unpaired) electrons. The van der Waals surface area contributed by atoms with Gasteiger partial charge in [-0.2, -0.15) is 10.2 Å². The number of fused-ring (bicyclic) bond motifs is 3. The number of para-hydroxylation sites is 1. The lowest BCUT2D eigenvalue weighted by Crippen LogP contribution is -2.17. The lowest BCUT2D eigenvalue weighted by Gasteiger charge is -2.02. The van der Waals surface area contributed by atoms with Crippen molar-refractivity contribution in [3.05, 3.63) is 90.1 Å². The second kappa shape index (κ2) is 7.91. The maximum Gasteiger partial charge on any atom is 0.289 e. The first-order valence-electron chi connectivity index (χ1n) is 10.2. The van der Waals surface area contributed by atoms with Gasteiger partial charge in [0, 0.05) is 33.9 Å². The molecule has 5 rings (SSSR count). The number of aromatic amines is 1. The third kappa shape index (κ3) is 3.48. The first-order valence-corrected chi connectivity index (χ1v) is 10.2. The Labute approximate surface area is 179 Å². The van der Waals surface area contributed by atoms with Crippen molar-refractivity contribution < 1.29 is 4.79 Å². The number of rotatable bonds is 5. The highest BCUT2D eigenvalue weighted by atomic mass is 16.2. The average molecular weight is 407 g/mol. The van der Waals surface area contributed by atoms with Crippen LogP contribution in [0.2, 0.25) is 0 Å². The molecular formula is C25H21N5O. The summed E-state index contributed by atoms with van der Waals surface area (Å²) in [7, 11) is 0. The number of aryl methyl sites for hydroxylation is 1. The minimum atomic E-state index is -0.338. The number of nitrogens with one attached hydrogen (secondary N) is 2. The highest BCUT2D eigenvalue weighted by molar-refractivity contribution is 6.09. The van der Waals surface area contributed by atoms with Crippen molar-refractivity contribution in [1.82, 2.24) is 20.2 Å². The molecule has 0 aliphatic carbocycles. The Morgan fingerprint density at radius 2 is 1.77 bits per heavy atom. The summed E-state index contributed by atoms with van der Waals surface area (Å²) in [5, 5.41) is 13.5. The van der Waals surface area contributed by atoms with Crippen molar-refractivity contribution in [1.29, 1.82) is 0 Å². The molecule has 2 aromatic heterocycles. The number of amides is 1. The van der Waals surface area contributed by atoms with Gasteiger partial charge in [0.25, 0.3) is 5.91 Å². The summed E-state index contributed by atoms with van der Waals surface area (Å²) in [5.74, 6) is -0.338. The summed E-state index contributed by atoms with van der Waals surface area (Å²) in [6.45, 7) is 3.05. The van der Waals surface area contributed by atoms with E-state index < -0.39 is 0 Å². The van der Waals surface area contributed by atoms with Crippen LogP contribution in [-0.4, -0.2) is 26.9 Å². The molecule has 5 aromatic rings. The van der Waals surface area contributed by atoms with Crippen LogP contribution in [0.15, 0.2) is 84.0 Å². The van der Waals surface area contributed by atoms with E-state index in [9.17, 15) is 4.79 Å². The maximum atomic E-state index is 12.4. The Balaban J connectivity index is 1.35. The second-order valence-electron chi connectivity index (χ2n) is 7.27. The van der Waals surface area contributed by atoms with E-state index in [0.29, 0.717) is 11.4 Å². The number of hydrazone groups is 1. The van der Waals surface area contributed by atoms with Crippen LogP contribution in [0.25, 0.3) is 33.1 Å². The Hall–Kier alpha value is -4.19. The number of benzene rings is 3. The molecule has 0 saturated carbocycles. The quantitative estimate of drug-likeness (QED) is 0.319. The highest BCUT2D eigenvalue weighted by Gasteiger charge is 2.11. The largest absolute Gasteiger partial charge is 0.341 e. The molecule has 0 spiro atoms. The fourth-order valence-corrected chi connectivity index (χ4v) is 3.91. The van der Waals surface area contributed by atoms with Crippen LogP contribution in [0.5, 0.6) is 0 Å². The molecule has 31 heavy (non-hydrogen) atoms. The SMILES string of the molecule is CCn1c2ccccc2c2cc(C=NNC(=O)c3cc(-c4ccccc4)n[nH]3)ccc21. The van der Waals surface area contributed by atoms with E-state index >= 15 is 0 Å². The van der Waals surface area contributed by atoms with Gasteiger partial charge in [-0.25, -0.2) is 5.43 Å². The van der Waals surface area contributed by atoms with Gasteiger partial charge in [0.2, 0.25) is 0 Å². The zero-order chi connectivity index (χ0) is 21.2. The second-order valence-corrected chi connectivity index (χ2v) is 7.27. The van der Waals surface area contributed by atoms with Crippen LogP contribution in [-0.2, 0) is 6.54 Å². The molecule has 0 aliphatic heterocycles. The Kier molecular flexibility index (Phi) is 4.80. The summed E-state index contributed by atoms with van der Waals surface area (Å²) in [6.07, 6.45) is 1.66. The molecule has 0 atom stereocenters. The number of hydrogen-bond acceptors (Lipinski definition) is 3. The van der Waals surface area contributed by atoms with Gasteiger partial charge in [0.05, 0.1) is 11.9 Å². The lowest BCUT2D eigenvalue weighted by atomic mass is 10.1. The van der Waals surface area contributed by atoms with E-state index in [-0.39, 0.29) is 5.91 Å². The molecular weight excluding hydrogens is 386 g/mol. The summed E-state index contributed by atoms with van der Waals surface area (Å²) >= 11 is 0. The van der Waals surface area contributed by atoms with Crippen molar-refractivity contribution in [2.24, 2.45) is 5.10 Å². The van der Waals surface area contributed by atoms with Crippen molar-refractivity contribution in [3.8, 4) is 11.3 Å². The molecule has 6 heteroatoms. The first-order chi connectivity index (χ1) is 15.2. The number of nitrogens with zero attached hydrogens (tertiary/aromatic N) is 3. The third-order valence-electron chi connectivity index (χ3n) is 5.38. The first kappa shape index (κ1) is 18.8. The summed E-state index contributed by atoms with van der Waals surface area (Å²) in [4.78, 5) is 12.4. The average Bonchev–Trinajstić information content (AvgIpc) is 3.43. The monoisotopic (exact) mass is 407 g/mol. The molecule has 0 fully saturated rings. The molecule has 6 nitrogen and oxygen atoms in total. The van der Waals surface area contributed by atoms with Crippen LogP contribution in [0, 0.1) is 0 Å². The zero-order valence-electron chi connectivity index (χ0n) is 17.0. The zero-order valence-corrected chi connectivity index (χ0v) is 17.0. The molecule has 2 N–H and O–H groups in total. The number of carbonyl (C=O) groups is 1. The minimum absolute atomic E-state index is 0.338. The number of H-pyrrole nitrogens is 1. The van der Waals surface area contributed by atoms with Crippen molar-refractivity contribution in [2.75, 3.05) is 0 Å². The van der Waals surface area contributed by atoms with E-state index in [4.69, 9.17) is 0 Å². The van der Waals surface area contributed by atoms with Gasteiger partial charge in [-0.3, -0.25) is 9.89 Å². The van der Waals surface area contributed by atoms with Gasteiger partial charge in [0.15, 0.2) is 0 Å². The van der Waals surface area contributed by atoms with Crippen LogP contribution in [0.3, 0.4) is 0 Å². The third-order valence-corrected chi connectivity index (χ3v) is 5.38. The standard InChI is InChI=1S/C25H21N5O/c1-2-30-23-11-7-6-10-19(23)20-14-17(12-13-24(20)30)16-26-29-25(31)22-15-21(27-28-22)18-8-4-3-5-9-18/h3-16H,2H2,1H3,(H,27,28)(H,29,31). The van der Waals surface area contributed by atoms with Gasteiger partial charge in [-0.15, -0.1) is 0 Å². The molecule has 3 aromatic carbocycles.